The van der Waals surface area contributed by atoms with Gasteiger partial charge in [0.25, 0.3) is 5.69 Å². The van der Waals surface area contributed by atoms with Gasteiger partial charge >= 0.3 is 5.97 Å². The van der Waals surface area contributed by atoms with Crippen LogP contribution in [0, 0.1) is 10.1 Å². The van der Waals surface area contributed by atoms with Crippen LogP contribution in [0.2, 0.25) is 0 Å². The minimum absolute atomic E-state index is 0.113. The lowest BCUT2D eigenvalue weighted by Gasteiger charge is -2.33. The first-order valence-electron chi connectivity index (χ1n) is 8.45. The van der Waals surface area contributed by atoms with Gasteiger partial charge in [0.1, 0.15) is 0 Å². The summed E-state index contributed by atoms with van der Waals surface area (Å²) in [5, 5.41) is 11.3. The number of carbonyl (C=O) groups is 2. The molecule has 8 nitrogen and oxygen atoms in total. The molecule has 0 aliphatic carbocycles. The average Bonchev–Trinajstić information content (AvgIpc) is 2.86. The number of nitrogens with zero attached hydrogens (tertiary/aromatic N) is 3. The van der Waals surface area contributed by atoms with E-state index < -0.39 is 16.9 Å². The van der Waals surface area contributed by atoms with E-state index in [1.807, 2.05) is 0 Å². The molecule has 1 saturated heterocycles. The van der Waals surface area contributed by atoms with Gasteiger partial charge in [-0.2, -0.15) is 0 Å². The van der Waals surface area contributed by atoms with Gasteiger partial charge in [0, 0.05) is 12.1 Å². The second-order valence-electron chi connectivity index (χ2n) is 6.57. The number of allylic oxidation sites excluding steroid dienone is 1. The fourth-order valence-electron chi connectivity index (χ4n) is 3.07. The smallest absolute Gasteiger partial charge is 0.338 e. The summed E-state index contributed by atoms with van der Waals surface area (Å²) >= 11 is 1.30. The number of carbonyl (C=O) groups excluding carboxylic acids is 2. The number of amides is 1. The zero-order chi connectivity index (χ0) is 19.9. The Morgan fingerprint density at radius 3 is 2.74 bits per heavy atom. The maximum Gasteiger partial charge on any atom is 0.338 e. The van der Waals surface area contributed by atoms with Gasteiger partial charge in [-0.15, -0.1) is 0 Å². The topological polar surface area (TPSA) is 102 Å². The lowest BCUT2D eigenvalue weighted by atomic mass is 9.94. The van der Waals surface area contributed by atoms with Crippen molar-refractivity contribution < 1.29 is 19.2 Å². The maximum absolute atomic E-state index is 12.8. The number of thioether (sulfide) groups is 1. The van der Waals surface area contributed by atoms with Gasteiger partial charge in [-0.25, -0.2) is 9.79 Å². The molecule has 2 aliphatic heterocycles. The molecule has 2 atom stereocenters. The Morgan fingerprint density at radius 2 is 2.11 bits per heavy atom. The summed E-state index contributed by atoms with van der Waals surface area (Å²) in [4.78, 5) is 42.1. The zero-order valence-electron chi connectivity index (χ0n) is 15.3. The summed E-state index contributed by atoms with van der Waals surface area (Å²) in [5.41, 5.74) is 1.02. The summed E-state index contributed by atoms with van der Waals surface area (Å²) in [7, 11) is 0. The van der Waals surface area contributed by atoms with E-state index in [-0.39, 0.29) is 28.5 Å². The molecule has 0 radical (unpaired) electrons. The molecule has 0 N–H and O–H groups in total. The van der Waals surface area contributed by atoms with Crippen LogP contribution >= 0.6 is 11.8 Å². The maximum atomic E-state index is 12.8. The Balaban J connectivity index is 2.16. The van der Waals surface area contributed by atoms with Crippen LogP contribution in [-0.4, -0.2) is 38.2 Å². The molecule has 27 heavy (non-hydrogen) atoms. The molecule has 1 amide bonds. The van der Waals surface area contributed by atoms with Crippen molar-refractivity contribution in [3.8, 4) is 0 Å². The molecule has 1 aromatic carbocycles. The van der Waals surface area contributed by atoms with E-state index in [4.69, 9.17) is 4.74 Å². The van der Waals surface area contributed by atoms with Crippen molar-refractivity contribution in [1.82, 2.24) is 4.90 Å². The van der Waals surface area contributed by atoms with Gasteiger partial charge in [-0.1, -0.05) is 23.9 Å². The van der Waals surface area contributed by atoms with Crippen LogP contribution in [0.5, 0.6) is 0 Å². The number of hydrogen-bond acceptors (Lipinski definition) is 7. The molecule has 9 heteroatoms. The summed E-state index contributed by atoms with van der Waals surface area (Å²) in [5.74, 6) is -0.781. The average molecular weight is 389 g/mol. The predicted octanol–water partition coefficient (Wildman–Crippen LogP) is 3.20. The van der Waals surface area contributed by atoms with Gasteiger partial charge in [-0.05, 0) is 33.3 Å². The van der Waals surface area contributed by atoms with Gasteiger partial charge in [0.05, 0.1) is 33.6 Å². The summed E-state index contributed by atoms with van der Waals surface area (Å²) in [6.07, 6.45) is -0.350. The van der Waals surface area contributed by atoms with Crippen LogP contribution in [-0.2, 0) is 14.3 Å². The van der Waals surface area contributed by atoms with E-state index >= 15 is 0 Å². The molecule has 3 rings (SSSR count). The zero-order valence-corrected chi connectivity index (χ0v) is 16.1. The quantitative estimate of drug-likeness (QED) is 0.445. The summed E-state index contributed by atoms with van der Waals surface area (Å²) < 4.78 is 5.36. The molecule has 142 valence electrons. The highest BCUT2D eigenvalue weighted by molar-refractivity contribution is 8.15. The number of rotatable bonds is 4. The molecule has 2 aliphatic rings. The van der Waals surface area contributed by atoms with E-state index in [1.165, 1.54) is 34.9 Å². The number of aliphatic imine (C=N–C) groups is 1. The van der Waals surface area contributed by atoms with Crippen molar-refractivity contribution in [3.63, 3.8) is 0 Å². The van der Waals surface area contributed by atoms with E-state index in [2.05, 4.69) is 4.99 Å². The van der Waals surface area contributed by atoms with E-state index in [0.29, 0.717) is 16.4 Å². The lowest BCUT2D eigenvalue weighted by molar-refractivity contribution is -0.384. The van der Waals surface area contributed by atoms with Gasteiger partial charge < -0.3 is 4.74 Å². The number of non-ortho nitro benzene ring substituents is 1. The van der Waals surface area contributed by atoms with Crippen LogP contribution in [0.25, 0.3) is 0 Å². The monoisotopic (exact) mass is 389 g/mol. The minimum Gasteiger partial charge on any atom is -0.459 e. The predicted molar refractivity (Wildman–Crippen MR) is 101 cm³/mol. The SMILES string of the molecule is CC1=C(C(=O)OC(C)C)[C@H](c2cccc([N+](=O)[O-])c2)N2C(=O)[C@@H](C)SC2=N1. The van der Waals surface area contributed by atoms with E-state index in [9.17, 15) is 19.7 Å². The molecular formula is C18H19N3O5S. The Morgan fingerprint density at radius 1 is 1.41 bits per heavy atom. The van der Waals surface area contributed by atoms with E-state index in [0.717, 1.165) is 0 Å². The molecule has 0 saturated carbocycles. The lowest BCUT2D eigenvalue weighted by Crippen LogP contribution is -2.40. The van der Waals surface area contributed by atoms with Gasteiger partial charge in [-0.3, -0.25) is 19.8 Å². The molecule has 0 aromatic heterocycles. The molecule has 0 bridgehead atoms. The number of fused-ring (bicyclic) bond motifs is 1. The van der Waals surface area contributed by atoms with Crippen LogP contribution in [0.15, 0.2) is 40.5 Å². The molecule has 2 heterocycles. The van der Waals surface area contributed by atoms with Gasteiger partial charge in [0.15, 0.2) is 5.17 Å². The van der Waals surface area contributed by atoms with Crippen molar-refractivity contribution in [2.24, 2.45) is 4.99 Å². The van der Waals surface area contributed by atoms with Crippen molar-refractivity contribution in [2.75, 3.05) is 0 Å². The van der Waals surface area contributed by atoms with Crippen LogP contribution < -0.4 is 0 Å². The Kier molecular flexibility index (Phi) is 5.05. The summed E-state index contributed by atoms with van der Waals surface area (Å²) in [6.45, 7) is 6.90. The fourth-order valence-corrected chi connectivity index (χ4v) is 4.09. The number of ether oxygens (including phenoxy) is 1. The number of amidine groups is 1. The third-order valence-electron chi connectivity index (χ3n) is 4.22. The van der Waals surface area contributed by atoms with Crippen LogP contribution in [0.4, 0.5) is 5.69 Å². The Hall–Kier alpha value is -2.68. The van der Waals surface area contributed by atoms with Crippen molar-refractivity contribution in [1.29, 1.82) is 0 Å². The van der Waals surface area contributed by atoms with E-state index in [1.54, 1.807) is 33.8 Å². The molecule has 1 aromatic rings. The second-order valence-corrected chi connectivity index (χ2v) is 7.88. The Labute approximate surface area is 160 Å². The highest BCUT2D eigenvalue weighted by Crippen LogP contribution is 2.43. The first-order chi connectivity index (χ1) is 12.7. The Bertz CT molecular complexity index is 893. The number of esters is 1. The first-order valence-corrected chi connectivity index (χ1v) is 9.33. The minimum atomic E-state index is -0.811. The van der Waals surface area contributed by atoms with Crippen molar-refractivity contribution in [3.05, 3.63) is 51.2 Å². The standard InChI is InChI=1S/C18H19N3O5S/c1-9(2)26-17(23)14-10(3)19-18-20(16(22)11(4)27-18)15(14)12-6-5-7-13(8-12)21(24)25/h5-9,11,15H,1-4H3/t11-,15+/m1/s1. The normalized spacial score (nSPS) is 22.0. The third-order valence-corrected chi connectivity index (χ3v) is 5.27. The van der Waals surface area contributed by atoms with Crippen molar-refractivity contribution in [2.45, 2.75) is 45.1 Å². The summed E-state index contributed by atoms with van der Waals surface area (Å²) in [6, 6.07) is 5.14. The number of benzene rings is 1. The molecule has 0 spiro atoms. The molecule has 0 unspecified atom stereocenters. The number of nitro groups is 1. The molecule has 1 fully saturated rings. The van der Waals surface area contributed by atoms with Crippen LogP contribution in [0.1, 0.15) is 39.3 Å². The highest BCUT2D eigenvalue weighted by atomic mass is 32.2. The van der Waals surface area contributed by atoms with Gasteiger partial charge in [0.2, 0.25) is 5.91 Å². The highest BCUT2D eigenvalue weighted by Gasteiger charge is 2.46. The largest absolute Gasteiger partial charge is 0.459 e. The second kappa shape index (κ2) is 7.15. The third kappa shape index (κ3) is 3.46. The number of nitro benzene ring substituents is 1. The first kappa shape index (κ1) is 19.1. The van der Waals surface area contributed by atoms with Crippen molar-refractivity contribution >= 4 is 34.5 Å². The van der Waals surface area contributed by atoms with Crippen LogP contribution in [0.3, 0.4) is 0 Å². The number of hydrogen-bond donors (Lipinski definition) is 0. The fraction of sp³-hybridized carbons (Fsp3) is 0.389. The molecular weight excluding hydrogens is 370 g/mol.